The van der Waals surface area contributed by atoms with Crippen LogP contribution in [-0.2, 0) is 22.4 Å². The Labute approximate surface area is 186 Å². The van der Waals surface area contributed by atoms with E-state index in [1.807, 2.05) is 0 Å². The van der Waals surface area contributed by atoms with Gasteiger partial charge in [0, 0.05) is 0 Å². The second-order valence-corrected chi connectivity index (χ2v) is 11.0. The smallest absolute Gasteiger partial charge is 0.293 e. The minimum Gasteiger partial charge on any atom is -0.461 e. The van der Waals surface area contributed by atoms with Crippen LogP contribution in [0, 0.1) is 19.3 Å². The van der Waals surface area contributed by atoms with Crippen molar-refractivity contribution in [2.75, 3.05) is 0 Å². The Kier molecular flexibility index (Phi) is 9.91. The molecule has 0 radical (unpaired) electrons. The van der Waals surface area contributed by atoms with Crippen molar-refractivity contribution < 1.29 is 9.53 Å². The van der Waals surface area contributed by atoms with E-state index in [0.29, 0.717) is 11.9 Å². The van der Waals surface area contributed by atoms with E-state index in [1.54, 1.807) is 5.56 Å². The average Bonchev–Trinajstić information content (AvgIpc) is 3.43. The fraction of sp³-hybridized carbons (Fsp3) is 0.750. The standard InChI is InChI=1S/C28H46O2/c1-23-20-25(14-10-6-8-12-16-27(3,4)5)21-26(24(23)2)15-11-7-9-13-17-28(18-19-28)30-22-29/h20-22H,6-19H2,1-5H3. The van der Waals surface area contributed by atoms with E-state index < -0.39 is 0 Å². The molecule has 0 N–H and O–H groups in total. The summed E-state index contributed by atoms with van der Waals surface area (Å²) in [4.78, 5) is 10.6. The van der Waals surface area contributed by atoms with E-state index in [9.17, 15) is 4.79 Å². The Morgan fingerprint density at radius 3 is 2.17 bits per heavy atom. The highest BCUT2D eigenvalue weighted by Gasteiger charge is 2.44. The van der Waals surface area contributed by atoms with Crippen LogP contribution in [0.2, 0.25) is 0 Å². The van der Waals surface area contributed by atoms with Crippen LogP contribution in [0.5, 0.6) is 0 Å². The van der Waals surface area contributed by atoms with Crippen LogP contribution in [0.15, 0.2) is 12.1 Å². The van der Waals surface area contributed by atoms with Crippen molar-refractivity contribution in [1.82, 2.24) is 0 Å². The lowest BCUT2D eigenvalue weighted by molar-refractivity contribution is -0.135. The first-order valence-electron chi connectivity index (χ1n) is 12.5. The summed E-state index contributed by atoms with van der Waals surface area (Å²) in [5.74, 6) is 0. The second kappa shape index (κ2) is 11.9. The topological polar surface area (TPSA) is 26.3 Å². The van der Waals surface area contributed by atoms with Crippen molar-refractivity contribution in [2.45, 2.75) is 130 Å². The molecule has 0 aliphatic heterocycles. The number of aryl methyl sites for hydroxylation is 3. The summed E-state index contributed by atoms with van der Waals surface area (Å²) >= 11 is 0. The molecule has 0 heterocycles. The molecule has 170 valence electrons. The maximum absolute atomic E-state index is 10.6. The molecular weight excluding hydrogens is 368 g/mol. The zero-order valence-corrected chi connectivity index (χ0v) is 20.4. The summed E-state index contributed by atoms with van der Waals surface area (Å²) < 4.78 is 5.25. The van der Waals surface area contributed by atoms with Crippen LogP contribution in [0.4, 0.5) is 0 Å². The van der Waals surface area contributed by atoms with Crippen LogP contribution in [-0.4, -0.2) is 12.1 Å². The number of unbranched alkanes of at least 4 members (excludes halogenated alkanes) is 6. The molecule has 1 aliphatic rings. The molecule has 0 amide bonds. The summed E-state index contributed by atoms with van der Waals surface area (Å²) in [5, 5.41) is 0. The highest BCUT2D eigenvalue weighted by molar-refractivity contribution is 5.39. The minimum absolute atomic E-state index is 0.0729. The van der Waals surface area contributed by atoms with E-state index in [1.165, 1.54) is 87.3 Å². The van der Waals surface area contributed by atoms with Gasteiger partial charge < -0.3 is 4.74 Å². The average molecular weight is 415 g/mol. The fourth-order valence-corrected chi connectivity index (χ4v) is 4.54. The first-order valence-corrected chi connectivity index (χ1v) is 12.5. The van der Waals surface area contributed by atoms with Gasteiger partial charge in [0.2, 0.25) is 0 Å². The van der Waals surface area contributed by atoms with Gasteiger partial charge in [0.25, 0.3) is 6.47 Å². The number of carbonyl (C=O) groups is 1. The summed E-state index contributed by atoms with van der Waals surface area (Å²) in [7, 11) is 0. The number of ether oxygens (including phenoxy) is 1. The number of rotatable bonds is 15. The van der Waals surface area contributed by atoms with E-state index in [-0.39, 0.29) is 5.60 Å². The summed E-state index contributed by atoms with van der Waals surface area (Å²) in [6.45, 7) is 12.2. The SMILES string of the molecule is Cc1cc(CCCCCCC(C)(C)C)cc(CCCCCCC2(OC=O)CC2)c1C. The zero-order valence-electron chi connectivity index (χ0n) is 20.4. The highest BCUT2D eigenvalue weighted by Crippen LogP contribution is 2.43. The molecule has 30 heavy (non-hydrogen) atoms. The second-order valence-electron chi connectivity index (χ2n) is 11.0. The van der Waals surface area contributed by atoms with Crippen molar-refractivity contribution >= 4 is 6.47 Å². The Bertz CT molecular complexity index is 649. The Morgan fingerprint density at radius 2 is 1.53 bits per heavy atom. The molecule has 0 unspecified atom stereocenters. The van der Waals surface area contributed by atoms with Crippen molar-refractivity contribution in [3.05, 3.63) is 34.4 Å². The first kappa shape index (κ1) is 25.0. The molecular formula is C28H46O2. The quantitative estimate of drug-likeness (QED) is 0.214. The maximum atomic E-state index is 10.6. The number of hydrogen-bond donors (Lipinski definition) is 0. The molecule has 0 spiro atoms. The molecule has 1 aliphatic carbocycles. The molecule has 0 aromatic heterocycles. The van der Waals surface area contributed by atoms with E-state index in [2.05, 4.69) is 46.8 Å². The van der Waals surface area contributed by atoms with Crippen molar-refractivity contribution in [3.63, 3.8) is 0 Å². The lowest BCUT2D eigenvalue weighted by atomic mass is 9.89. The van der Waals surface area contributed by atoms with Gasteiger partial charge in [0.1, 0.15) is 5.60 Å². The Hall–Kier alpha value is -1.31. The molecule has 0 atom stereocenters. The molecule has 2 heteroatoms. The Balaban J connectivity index is 1.66. The molecule has 0 saturated heterocycles. The molecule has 1 fully saturated rings. The minimum atomic E-state index is -0.0729. The molecule has 1 aromatic carbocycles. The summed E-state index contributed by atoms with van der Waals surface area (Å²) in [5.41, 5.74) is 6.44. The maximum Gasteiger partial charge on any atom is 0.293 e. The van der Waals surface area contributed by atoms with Gasteiger partial charge in [0.15, 0.2) is 0 Å². The van der Waals surface area contributed by atoms with Gasteiger partial charge in [-0.25, -0.2) is 0 Å². The molecule has 0 bridgehead atoms. The third-order valence-electron chi connectivity index (χ3n) is 6.91. The van der Waals surface area contributed by atoms with Gasteiger partial charge >= 0.3 is 0 Å². The summed E-state index contributed by atoms with van der Waals surface area (Å²) in [6.07, 6.45) is 17.3. The largest absolute Gasteiger partial charge is 0.461 e. The third-order valence-corrected chi connectivity index (χ3v) is 6.91. The molecule has 2 nitrogen and oxygen atoms in total. The fourth-order valence-electron chi connectivity index (χ4n) is 4.54. The number of hydrogen-bond acceptors (Lipinski definition) is 2. The summed E-state index contributed by atoms with van der Waals surface area (Å²) in [6, 6.07) is 4.89. The third kappa shape index (κ3) is 9.23. The van der Waals surface area contributed by atoms with Gasteiger partial charge in [-0.15, -0.1) is 0 Å². The lowest BCUT2D eigenvalue weighted by Gasteiger charge is -2.17. The Morgan fingerprint density at radius 1 is 0.900 bits per heavy atom. The molecule has 1 saturated carbocycles. The molecule has 2 rings (SSSR count). The van der Waals surface area contributed by atoms with Gasteiger partial charge in [0.05, 0.1) is 0 Å². The number of benzene rings is 1. The van der Waals surface area contributed by atoms with Crippen molar-refractivity contribution in [1.29, 1.82) is 0 Å². The number of carbonyl (C=O) groups excluding carboxylic acids is 1. The van der Waals surface area contributed by atoms with Gasteiger partial charge in [-0.05, 0) is 99.3 Å². The van der Waals surface area contributed by atoms with E-state index >= 15 is 0 Å². The zero-order chi connectivity index (χ0) is 22.0. The van der Waals surface area contributed by atoms with E-state index in [0.717, 1.165) is 19.3 Å². The predicted molar refractivity (Wildman–Crippen MR) is 128 cm³/mol. The van der Waals surface area contributed by atoms with Crippen LogP contribution >= 0.6 is 0 Å². The molecule has 1 aromatic rings. The van der Waals surface area contributed by atoms with Gasteiger partial charge in [-0.1, -0.05) is 65.0 Å². The van der Waals surface area contributed by atoms with Crippen molar-refractivity contribution in [3.8, 4) is 0 Å². The lowest BCUT2D eigenvalue weighted by Crippen LogP contribution is -2.12. The van der Waals surface area contributed by atoms with E-state index in [4.69, 9.17) is 4.74 Å². The van der Waals surface area contributed by atoms with Crippen molar-refractivity contribution in [2.24, 2.45) is 5.41 Å². The van der Waals surface area contributed by atoms with Gasteiger partial charge in [-0.3, -0.25) is 4.79 Å². The van der Waals surface area contributed by atoms with Crippen LogP contribution in [0.25, 0.3) is 0 Å². The van der Waals surface area contributed by atoms with Gasteiger partial charge in [-0.2, -0.15) is 0 Å². The van der Waals surface area contributed by atoms with Crippen LogP contribution in [0.1, 0.15) is 120 Å². The highest BCUT2D eigenvalue weighted by atomic mass is 16.5. The van der Waals surface area contributed by atoms with Crippen LogP contribution < -0.4 is 0 Å². The normalized spacial score (nSPS) is 15.2. The monoisotopic (exact) mass is 414 g/mol. The van der Waals surface area contributed by atoms with Crippen LogP contribution in [0.3, 0.4) is 0 Å². The first-order chi connectivity index (χ1) is 14.2. The predicted octanol–water partition coefficient (Wildman–Crippen LogP) is 8.04.